The van der Waals surface area contributed by atoms with Crippen LogP contribution in [-0.4, -0.2) is 35.5 Å². The minimum atomic E-state index is -0.825. The van der Waals surface area contributed by atoms with Crippen LogP contribution in [0.2, 0.25) is 0 Å². The molecule has 2 aliphatic rings. The molecule has 7 heteroatoms. The number of aryl methyl sites for hydroxylation is 2. The van der Waals surface area contributed by atoms with Gasteiger partial charge in [0.25, 0.3) is 11.7 Å². The average molecular weight is 526 g/mol. The lowest BCUT2D eigenvalue weighted by Crippen LogP contribution is -2.29. The molecule has 1 unspecified atom stereocenters. The number of aliphatic hydroxyl groups is 1. The van der Waals surface area contributed by atoms with Crippen molar-refractivity contribution in [1.29, 1.82) is 0 Å². The maximum atomic E-state index is 13.5. The largest absolute Gasteiger partial charge is 0.507 e. The molecular formula is C32H31NO6. The number of rotatable bonds is 6. The SMILES string of the molecule is Cc1cccc(C2/C(=C(/O)c3ccc4c(c3)CCCO4)C(=O)C(=O)N2c2ccc(CC(=O)OC(C)C)cc2)c1. The van der Waals surface area contributed by atoms with Crippen LogP contribution in [0.25, 0.3) is 5.76 Å². The van der Waals surface area contributed by atoms with E-state index in [1.165, 1.54) is 4.90 Å². The van der Waals surface area contributed by atoms with Gasteiger partial charge in [-0.3, -0.25) is 19.3 Å². The number of carbonyl (C=O) groups is 3. The molecule has 0 aliphatic carbocycles. The number of aliphatic hydroxyl groups excluding tert-OH is 1. The van der Waals surface area contributed by atoms with Crippen molar-refractivity contribution in [3.63, 3.8) is 0 Å². The Labute approximate surface area is 227 Å². The molecule has 5 rings (SSSR count). The van der Waals surface area contributed by atoms with E-state index in [1.54, 1.807) is 50.2 Å². The molecule has 200 valence electrons. The number of benzene rings is 3. The third-order valence-corrected chi connectivity index (χ3v) is 6.91. The van der Waals surface area contributed by atoms with E-state index >= 15 is 0 Å². The van der Waals surface area contributed by atoms with Crippen LogP contribution >= 0.6 is 0 Å². The normalized spacial score (nSPS) is 18.2. The van der Waals surface area contributed by atoms with Gasteiger partial charge >= 0.3 is 5.97 Å². The Balaban J connectivity index is 1.57. The van der Waals surface area contributed by atoms with Crippen LogP contribution in [0.3, 0.4) is 0 Å². The molecule has 39 heavy (non-hydrogen) atoms. The molecule has 7 nitrogen and oxygen atoms in total. The van der Waals surface area contributed by atoms with Gasteiger partial charge in [-0.2, -0.15) is 0 Å². The van der Waals surface area contributed by atoms with Gasteiger partial charge in [0.05, 0.1) is 30.7 Å². The van der Waals surface area contributed by atoms with E-state index in [9.17, 15) is 19.5 Å². The van der Waals surface area contributed by atoms with Gasteiger partial charge in [-0.1, -0.05) is 42.0 Å². The highest BCUT2D eigenvalue weighted by Gasteiger charge is 2.47. The fourth-order valence-corrected chi connectivity index (χ4v) is 5.16. The highest BCUT2D eigenvalue weighted by atomic mass is 16.5. The molecule has 0 spiro atoms. The summed E-state index contributed by atoms with van der Waals surface area (Å²) in [4.78, 5) is 40.5. The van der Waals surface area contributed by atoms with Crippen molar-refractivity contribution in [2.75, 3.05) is 11.5 Å². The summed E-state index contributed by atoms with van der Waals surface area (Å²) >= 11 is 0. The van der Waals surface area contributed by atoms with Gasteiger partial charge in [-0.15, -0.1) is 0 Å². The molecule has 3 aromatic carbocycles. The molecule has 0 saturated carbocycles. The molecule has 3 aromatic rings. The van der Waals surface area contributed by atoms with Crippen molar-refractivity contribution in [2.24, 2.45) is 0 Å². The van der Waals surface area contributed by atoms with Crippen molar-refractivity contribution in [1.82, 2.24) is 0 Å². The maximum absolute atomic E-state index is 13.5. The van der Waals surface area contributed by atoms with Crippen molar-refractivity contribution >= 4 is 29.1 Å². The van der Waals surface area contributed by atoms with Crippen molar-refractivity contribution in [3.8, 4) is 5.75 Å². The highest BCUT2D eigenvalue weighted by molar-refractivity contribution is 6.51. The number of carbonyl (C=O) groups excluding carboxylic acids is 3. The van der Waals surface area contributed by atoms with E-state index in [2.05, 4.69) is 0 Å². The first-order valence-electron chi connectivity index (χ1n) is 13.1. The molecule has 2 aliphatic heterocycles. The Bertz CT molecular complexity index is 1470. The van der Waals surface area contributed by atoms with Crippen molar-refractivity contribution in [2.45, 2.75) is 52.2 Å². The number of fused-ring (bicyclic) bond motifs is 1. The zero-order valence-corrected chi connectivity index (χ0v) is 22.3. The lowest BCUT2D eigenvalue weighted by molar-refractivity contribution is -0.146. The number of anilines is 1. The number of hydrogen-bond acceptors (Lipinski definition) is 6. The van der Waals surface area contributed by atoms with Gasteiger partial charge in [-0.05, 0) is 80.6 Å². The molecule has 0 bridgehead atoms. The van der Waals surface area contributed by atoms with Crippen LogP contribution < -0.4 is 9.64 Å². The van der Waals surface area contributed by atoms with Crippen LogP contribution in [0.15, 0.2) is 72.3 Å². The number of nitrogens with zero attached hydrogens (tertiary/aromatic N) is 1. The number of hydrogen-bond donors (Lipinski definition) is 1. The van der Waals surface area contributed by atoms with Gasteiger partial charge in [0.2, 0.25) is 0 Å². The number of esters is 1. The van der Waals surface area contributed by atoms with Gasteiger partial charge in [0.1, 0.15) is 11.5 Å². The first-order chi connectivity index (χ1) is 18.7. The molecule has 1 fully saturated rings. The third kappa shape index (κ3) is 5.30. The Kier molecular flexibility index (Phi) is 7.24. The Morgan fingerprint density at radius 3 is 2.56 bits per heavy atom. The second-order valence-corrected chi connectivity index (χ2v) is 10.2. The Hall–Kier alpha value is -4.39. The average Bonchev–Trinajstić information content (AvgIpc) is 3.18. The predicted octanol–water partition coefficient (Wildman–Crippen LogP) is 5.44. The van der Waals surface area contributed by atoms with E-state index < -0.39 is 17.7 Å². The maximum Gasteiger partial charge on any atom is 0.310 e. The van der Waals surface area contributed by atoms with Crippen molar-refractivity contribution in [3.05, 3.63) is 100 Å². The summed E-state index contributed by atoms with van der Waals surface area (Å²) in [6.45, 7) is 6.17. The minimum Gasteiger partial charge on any atom is -0.507 e. The summed E-state index contributed by atoms with van der Waals surface area (Å²) in [6, 6.07) is 19.0. The van der Waals surface area contributed by atoms with Crippen LogP contribution in [0.1, 0.15) is 54.1 Å². The van der Waals surface area contributed by atoms with E-state index in [0.29, 0.717) is 23.4 Å². The zero-order valence-electron chi connectivity index (χ0n) is 22.3. The summed E-state index contributed by atoms with van der Waals surface area (Å²) in [5, 5.41) is 11.5. The van der Waals surface area contributed by atoms with Crippen LogP contribution in [0.4, 0.5) is 5.69 Å². The Morgan fingerprint density at radius 2 is 1.85 bits per heavy atom. The van der Waals surface area contributed by atoms with E-state index in [4.69, 9.17) is 9.47 Å². The second kappa shape index (κ2) is 10.8. The zero-order chi connectivity index (χ0) is 27.7. The van der Waals surface area contributed by atoms with Crippen molar-refractivity contribution < 1.29 is 29.0 Å². The fourth-order valence-electron chi connectivity index (χ4n) is 5.16. The van der Waals surface area contributed by atoms with Crippen LogP contribution in [0.5, 0.6) is 5.75 Å². The molecular weight excluding hydrogens is 494 g/mol. The standard InChI is InChI=1S/C32H31NO6/c1-19(2)39-27(34)17-21-9-12-25(13-10-21)33-29(23-7-4-6-20(3)16-23)28(31(36)32(33)37)30(35)24-11-14-26-22(18-24)8-5-15-38-26/h4,6-7,9-14,16,18-19,29,35H,5,8,15,17H2,1-3H3/b30-28-. The van der Waals surface area contributed by atoms with Crippen LogP contribution in [0, 0.1) is 6.92 Å². The monoisotopic (exact) mass is 525 g/mol. The highest BCUT2D eigenvalue weighted by Crippen LogP contribution is 2.43. The summed E-state index contributed by atoms with van der Waals surface area (Å²) in [6.07, 6.45) is 1.57. The van der Waals surface area contributed by atoms with E-state index in [0.717, 1.165) is 35.3 Å². The predicted molar refractivity (Wildman–Crippen MR) is 148 cm³/mol. The van der Waals surface area contributed by atoms with Gasteiger partial charge in [-0.25, -0.2) is 0 Å². The van der Waals surface area contributed by atoms with Gasteiger partial charge in [0, 0.05) is 11.3 Å². The summed E-state index contributed by atoms with van der Waals surface area (Å²) in [5.74, 6) is -1.27. The number of ketones is 1. The number of amides is 1. The number of Topliss-reactive ketones (excluding diaryl/α,β-unsaturated/α-hetero) is 1. The molecule has 0 radical (unpaired) electrons. The number of ether oxygens (including phenoxy) is 2. The quantitative estimate of drug-likeness (QED) is 0.199. The molecule has 2 heterocycles. The summed E-state index contributed by atoms with van der Waals surface area (Å²) in [5.41, 5.74) is 4.34. The van der Waals surface area contributed by atoms with Gasteiger partial charge in [0.15, 0.2) is 0 Å². The fraction of sp³-hybridized carbons (Fsp3) is 0.281. The molecule has 0 aromatic heterocycles. The molecule has 1 N–H and O–H groups in total. The van der Waals surface area contributed by atoms with Crippen LogP contribution in [-0.2, 0) is 32.0 Å². The molecule has 1 saturated heterocycles. The smallest absolute Gasteiger partial charge is 0.310 e. The lowest BCUT2D eigenvalue weighted by atomic mass is 9.93. The second-order valence-electron chi connectivity index (χ2n) is 10.2. The third-order valence-electron chi connectivity index (χ3n) is 6.91. The lowest BCUT2D eigenvalue weighted by Gasteiger charge is -2.26. The minimum absolute atomic E-state index is 0.0341. The molecule has 1 atom stereocenters. The van der Waals surface area contributed by atoms with E-state index in [-0.39, 0.29) is 29.8 Å². The van der Waals surface area contributed by atoms with E-state index in [1.807, 2.05) is 37.3 Å². The Morgan fingerprint density at radius 1 is 1.08 bits per heavy atom. The molecule has 1 amide bonds. The van der Waals surface area contributed by atoms with Gasteiger partial charge < -0.3 is 14.6 Å². The summed E-state index contributed by atoms with van der Waals surface area (Å²) in [7, 11) is 0. The first-order valence-corrected chi connectivity index (χ1v) is 13.1. The topological polar surface area (TPSA) is 93.1 Å². The first kappa shape index (κ1) is 26.2. The summed E-state index contributed by atoms with van der Waals surface area (Å²) < 4.78 is 10.9.